The van der Waals surface area contributed by atoms with Crippen molar-refractivity contribution in [3.8, 4) is 11.5 Å². The number of nitrogens with one attached hydrogen (secondary N) is 1. The van der Waals surface area contributed by atoms with Crippen LogP contribution in [-0.4, -0.2) is 30.4 Å². The molecule has 32 heavy (non-hydrogen) atoms. The zero-order valence-corrected chi connectivity index (χ0v) is 17.8. The van der Waals surface area contributed by atoms with Crippen molar-refractivity contribution in [1.82, 2.24) is 4.98 Å². The van der Waals surface area contributed by atoms with Gasteiger partial charge in [-0.05, 0) is 36.8 Å². The molecule has 0 spiro atoms. The molecule has 3 aromatic rings. The van der Waals surface area contributed by atoms with E-state index in [0.29, 0.717) is 45.5 Å². The summed E-state index contributed by atoms with van der Waals surface area (Å²) in [5.74, 6) is 0.200. The maximum Gasteiger partial charge on any atom is 0.416 e. The molecule has 2 aromatic carbocycles. The number of aromatic nitrogens is 1. The number of thiazole rings is 1. The third-order valence-corrected chi connectivity index (χ3v) is 5.11. The Hall–Kier alpha value is -3.40. The summed E-state index contributed by atoms with van der Waals surface area (Å²) in [6.07, 6.45) is -1.96. The van der Waals surface area contributed by atoms with E-state index in [1.165, 1.54) is 18.3 Å². The first kappa shape index (κ1) is 23.3. The minimum Gasteiger partial charge on any atom is -0.490 e. The molecule has 0 radical (unpaired) electrons. The van der Waals surface area contributed by atoms with Gasteiger partial charge in [0, 0.05) is 23.1 Å². The maximum atomic E-state index is 12.9. The molecule has 0 fully saturated rings. The van der Waals surface area contributed by atoms with Crippen molar-refractivity contribution in [2.45, 2.75) is 19.5 Å². The summed E-state index contributed by atoms with van der Waals surface area (Å²) in [4.78, 5) is 27.9. The van der Waals surface area contributed by atoms with Crippen LogP contribution in [-0.2, 0) is 17.4 Å². The van der Waals surface area contributed by atoms with E-state index < -0.39 is 17.6 Å². The first-order valence-corrected chi connectivity index (χ1v) is 10.4. The number of aldehydes is 1. The largest absolute Gasteiger partial charge is 0.490 e. The first-order valence-electron chi connectivity index (χ1n) is 9.54. The summed E-state index contributed by atoms with van der Waals surface area (Å²) in [6.45, 7) is 1.82. The third kappa shape index (κ3) is 6.30. The number of amides is 1. The van der Waals surface area contributed by atoms with Crippen molar-refractivity contribution in [1.29, 1.82) is 0 Å². The van der Waals surface area contributed by atoms with Gasteiger partial charge in [0.1, 0.15) is 6.29 Å². The highest BCUT2D eigenvalue weighted by Gasteiger charge is 2.30. The summed E-state index contributed by atoms with van der Waals surface area (Å²) < 4.78 is 49.5. The number of nitrogens with zero attached hydrogens (tertiary/aromatic N) is 1. The molecule has 3 rings (SSSR count). The summed E-state index contributed by atoms with van der Waals surface area (Å²) >= 11 is 1.16. The molecule has 1 aromatic heterocycles. The summed E-state index contributed by atoms with van der Waals surface area (Å²) in [5, 5.41) is 2.90. The summed E-state index contributed by atoms with van der Waals surface area (Å²) in [5.41, 5.74) is 0.200. The van der Waals surface area contributed by atoms with Gasteiger partial charge in [-0.2, -0.15) is 13.2 Å². The number of alkyl halides is 3. The van der Waals surface area contributed by atoms with E-state index >= 15 is 0 Å². The normalized spacial score (nSPS) is 11.1. The van der Waals surface area contributed by atoms with Crippen LogP contribution in [0, 0.1) is 0 Å². The van der Waals surface area contributed by atoms with Gasteiger partial charge in [-0.3, -0.25) is 14.9 Å². The molecule has 0 unspecified atom stereocenters. The number of benzene rings is 2. The van der Waals surface area contributed by atoms with Crippen LogP contribution in [0.5, 0.6) is 11.5 Å². The number of rotatable bonds is 9. The fourth-order valence-electron chi connectivity index (χ4n) is 2.79. The van der Waals surface area contributed by atoms with E-state index in [9.17, 15) is 22.8 Å². The molecule has 0 aliphatic carbocycles. The van der Waals surface area contributed by atoms with Crippen molar-refractivity contribution < 1.29 is 32.2 Å². The minimum atomic E-state index is -4.40. The molecule has 1 N–H and O–H groups in total. The lowest BCUT2D eigenvalue weighted by Gasteiger charge is -2.11. The van der Waals surface area contributed by atoms with Crippen molar-refractivity contribution in [2.75, 3.05) is 18.5 Å². The predicted molar refractivity (Wildman–Crippen MR) is 113 cm³/mol. The lowest BCUT2D eigenvalue weighted by atomic mass is 10.1. The lowest BCUT2D eigenvalue weighted by molar-refractivity contribution is -0.137. The standard InChI is InChI=1S/C22H19F3N2O4S/c1-2-30-19-10-15(12-28)6-7-18(19)31-13-20(29)27-21-26-11-17(32-21)9-14-4-3-5-16(8-14)22(23,24)25/h3-8,10-12H,2,9,13H2,1H3,(H,26,27,29). The van der Waals surface area contributed by atoms with E-state index in [2.05, 4.69) is 10.3 Å². The highest BCUT2D eigenvalue weighted by atomic mass is 32.1. The Labute approximate surface area is 186 Å². The quantitative estimate of drug-likeness (QED) is 0.452. The molecule has 6 nitrogen and oxygen atoms in total. The first-order chi connectivity index (χ1) is 15.3. The van der Waals surface area contributed by atoms with E-state index in [4.69, 9.17) is 9.47 Å². The van der Waals surface area contributed by atoms with E-state index in [0.717, 1.165) is 23.5 Å². The molecule has 0 aliphatic rings. The second-order valence-electron chi connectivity index (χ2n) is 6.60. The molecule has 168 valence electrons. The number of hydrogen-bond donors (Lipinski definition) is 1. The Balaban J connectivity index is 1.58. The van der Waals surface area contributed by atoms with Gasteiger partial charge in [-0.15, -0.1) is 11.3 Å². The third-order valence-electron chi connectivity index (χ3n) is 4.20. The molecule has 0 atom stereocenters. The van der Waals surface area contributed by atoms with Crippen molar-refractivity contribution in [3.05, 3.63) is 70.2 Å². The van der Waals surface area contributed by atoms with Crippen molar-refractivity contribution in [2.24, 2.45) is 0 Å². The Bertz CT molecular complexity index is 1100. The number of carbonyl (C=O) groups is 2. The molecule has 0 aliphatic heterocycles. The highest BCUT2D eigenvalue weighted by Crippen LogP contribution is 2.31. The van der Waals surface area contributed by atoms with Crippen molar-refractivity contribution >= 4 is 28.7 Å². The second kappa shape index (κ2) is 10.3. The lowest BCUT2D eigenvalue weighted by Crippen LogP contribution is -2.20. The van der Waals surface area contributed by atoms with Crippen LogP contribution < -0.4 is 14.8 Å². The monoisotopic (exact) mass is 464 g/mol. The molecule has 10 heteroatoms. The zero-order valence-electron chi connectivity index (χ0n) is 16.9. The van der Waals surface area contributed by atoms with Gasteiger partial charge in [0.25, 0.3) is 5.91 Å². The average molecular weight is 464 g/mol. The molecule has 0 saturated carbocycles. The van der Waals surface area contributed by atoms with E-state index in [1.807, 2.05) is 0 Å². The van der Waals surface area contributed by atoms with Crippen LogP contribution in [0.25, 0.3) is 0 Å². The highest BCUT2D eigenvalue weighted by molar-refractivity contribution is 7.15. The van der Waals surface area contributed by atoms with Gasteiger partial charge >= 0.3 is 6.18 Å². The molecule has 1 amide bonds. The predicted octanol–water partition coefficient (Wildman–Crippen LogP) is 4.98. The van der Waals surface area contributed by atoms with E-state index in [-0.39, 0.29) is 13.0 Å². The minimum absolute atomic E-state index is 0.259. The van der Waals surface area contributed by atoms with Gasteiger partial charge in [0.15, 0.2) is 23.2 Å². The Kier molecular flexibility index (Phi) is 7.47. The molecule has 0 saturated heterocycles. The Morgan fingerprint density at radius 2 is 1.97 bits per heavy atom. The van der Waals surface area contributed by atoms with Crippen LogP contribution in [0.1, 0.15) is 33.3 Å². The van der Waals surface area contributed by atoms with Gasteiger partial charge in [-0.25, -0.2) is 4.98 Å². The smallest absolute Gasteiger partial charge is 0.416 e. The second-order valence-corrected chi connectivity index (χ2v) is 7.72. The Morgan fingerprint density at radius 3 is 2.69 bits per heavy atom. The summed E-state index contributed by atoms with van der Waals surface area (Å²) in [6, 6.07) is 9.68. The van der Waals surface area contributed by atoms with Gasteiger partial charge in [0.05, 0.1) is 12.2 Å². The molecule has 1 heterocycles. The number of ether oxygens (including phenoxy) is 2. The number of hydrogen-bond acceptors (Lipinski definition) is 6. The van der Waals surface area contributed by atoms with Crippen LogP contribution in [0.15, 0.2) is 48.7 Å². The van der Waals surface area contributed by atoms with Crippen LogP contribution in [0.3, 0.4) is 0 Å². The summed E-state index contributed by atoms with van der Waals surface area (Å²) in [7, 11) is 0. The maximum absolute atomic E-state index is 12.9. The van der Waals surface area contributed by atoms with Crippen LogP contribution >= 0.6 is 11.3 Å². The fourth-order valence-corrected chi connectivity index (χ4v) is 3.65. The van der Waals surface area contributed by atoms with Gasteiger partial charge < -0.3 is 9.47 Å². The number of anilines is 1. The average Bonchev–Trinajstić information content (AvgIpc) is 3.19. The van der Waals surface area contributed by atoms with Gasteiger partial charge in [-0.1, -0.05) is 18.2 Å². The SMILES string of the molecule is CCOc1cc(C=O)ccc1OCC(=O)Nc1ncc(Cc2cccc(C(F)(F)F)c2)s1. The zero-order chi connectivity index (χ0) is 23.1. The Morgan fingerprint density at radius 1 is 1.16 bits per heavy atom. The van der Waals surface area contributed by atoms with Crippen LogP contribution in [0.4, 0.5) is 18.3 Å². The van der Waals surface area contributed by atoms with Gasteiger partial charge in [0.2, 0.25) is 0 Å². The molecular weight excluding hydrogens is 445 g/mol. The van der Waals surface area contributed by atoms with E-state index in [1.54, 1.807) is 25.1 Å². The fraction of sp³-hybridized carbons (Fsp3) is 0.227. The molecule has 0 bridgehead atoms. The number of halogens is 3. The topological polar surface area (TPSA) is 77.5 Å². The van der Waals surface area contributed by atoms with Crippen LogP contribution in [0.2, 0.25) is 0 Å². The van der Waals surface area contributed by atoms with Crippen molar-refractivity contribution in [3.63, 3.8) is 0 Å². The number of carbonyl (C=O) groups excluding carboxylic acids is 2. The molecular formula is C22H19F3N2O4S.